The Hall–Kier alpha value is -1.47. The van der Waals surface area contributed by atoms with Crippen LogP contribution in [0.4, 0.5) is 0 Å². The number of aromatic nitrogens is 3. The molecule has 0 spiro atoms. The summed E-state index contributed by atoms with van der Waals surface area (Å²) in [5.41, 5.74) is 0. The van der Waals surface area contributed by atoms with E-state index in [9.17, 15) is 4.79 Å². The molecule has 0 radical (unpaired) electrons. The number of carbonyl (C=O) groups excluding carboxylic acids is 1. The fourth-order valence-electron chi connectivity index (χ4n) is 3.61. The fourth-order valence-corrected chi connectivity index (χ4v) is 3.61. The Labute approximate surface area is 137 Å². The highest BCUT2D eigenvalue weighted by atomic mass is 16.5. The second-order valence-electron chi connectivity index (χ2n) is 6.55. The number of nitrogens with one attached hydrogen (secondary N) is 2. The number of hydrogen-bond donors (Lipinski definition) is 2. The van der Waals surface area contributed by atoms with E-state index >= 15 is 0 Å². The number of amides is 1. The summed E-state index contributed by atoms with van der Waals surface area (Å²) < 4.78 is 7.66. The van der Waals surface area contributed by atoms with Gasteiger partial charge in [-0.25, -0.2) is 4.98 Å². The Kier molecular flexibility index (Phi) is 5.27. The quantitative estimate of drug-likeness (QED) is 0.775. The van der Waals surface area contributed by atoms with Crippen molar-refractivity contribution in [3.05, 3.63) is 11.6 Å². The van der Waals surface area contributed by atoms with E-state index in [1.54, 1.807) is 0 Å². The Morgan fingerprint density at radius 3 is 3.09 bits per heavy atom. The molecule has 3 rings (SSSR count). The van der Waals surface area contributed by atoms with Gasteiger partial charge >= 0.3 is 0 Å². The molecular formula is C16H27N5O2. The minimum Gasteiger partial charge on any atom is -0.375 e. The molecular weight excluding hydrogens is 294 g/mol. The normalized spacial score (nSPS) is 27.5. The van der Waals surface area contributed by atoms with Crippen LogP contribution in [0.3, 0.4) is 0 Å². The zero-order valence-electron chi connectivity index (χ0n) is 14.0. The summed E-state index contributed by atoms with van der Waals surface area (Å²) in [5, 5.41) is 10.9. The number of aryl methyl sites for hydroxylation is 3. The predicted octanol–water partition coefficient (Wildman–Crippen LogP) is 0.558. The van der Waals surface area contributed by atoms with Gasteiger partial charge in [0.25, 0.3) is 0 Å². The number of hydrogen-bond acceptors (Lipinski definition) is 5. The third kappa shape index (κ3) is 4.09. The molecule has 0 aromatic carbocycles. The van der Waals surface area contributed by atoms with Crippen molar-refractivity contribution in [2.75, 3.05) is 19.7 Å². The minimum atomic E-state index is 0.112. The molecule has 128 valence electrons. The van der Waals surface area contributed by atoms with E-state index in [4.69, 9.17) is 4.74 Å². The lowest BCUT2D eigenvalue weighted by molar-refractivity contribution is -0.128. The molecule has 23 heavy (non-hydrogen) atoms. The van der Waals surface area contributed by atoms with Crippen molar-refractivity contribution in [3.8, 4) is 0 Å². The molecule has 1 aromatic rings. The summed E-state index contributed by atoms with van der Waals surface area (Å²) in [6.45, 7) is 7.01. The van der Waals surface area contributed by atoms with E-state index in [1.165, 1.54) is 0 Å². The van der Waals surface area contributed by atoms with E-state index in [1.807, 2.05) is 18.5 Å². The van der Waals surface area contributed by atoms with E-state index in [-0.39, 0.29) is 11.8 Å². The third-order valence-electron chi connectivity index (χ3n) is 4.81. The predicted molar refractivity (Wildman–Crippen MR) is 86.0 cm³/mol. The lowest BCUT2D eigenvalue weighted by atomic mass is 9.82. The van der Waals surface area contributed by atoms with Crippen LogP contribution in [0.15, 0.2) is 0 Å². The van der Waals surface area contributed by atoms with Crippen LogP contribution in [-0.4, -0.2) is 52.5 Å². The molecule has 7 heteroatoms. The van der Waals surface area contributed by atoms with Crippen LogP contribution in [0.5, 0.6) is 0 Å². The lowest BCUT2D eigenvalue weighted by Crippen LogP contribution is -2.53. The van der Waals surface area contributed by atoms with Crippen LogP contribution >= 0.6 is 0 Å². The van der Waals surface area contributed by atoms with Crippen molar-refractivity contribution in [3.63, 3.8) is 0 Å². The van der Waals surface area contributed by atoms with Crippen molar-refractivity contribution in [2.45, 2.75) is 58.2 Å². The second kappa shape index (κ2) is 7.40. The summed E-state index contributed by atoms with van der Waals surface area (Å²) >= 11 is 0. The molecule has 1 amide bonds. The van der Waals surface area contributed by atoms with Crippen LogP contribution in [-0.2, 0) is 16.1 Å². The Morgan fingerprint density at radius 2 is 2.30 bits per heavy atom. The molecule has 2 fully saturated rings. The van der Waals surface area contributed by atoms with E-state index in [2.05, 4.69) is 20.7 Å². The highest BCUT2D eigenvalue weighted by molar-refractivity contribution is 5.78. The van der Waals surface area contributed by atoms with Crippen molar-refractivity contribution in [1.82, 2.24) is 25.4 Å². The third-order valence-corrected chi connectivity index (χ3v) is 4.81. The molecule has 1 saturated heterocycles. The lowest BCUT2D eigenvalue weighted by Gasteiger charge is -2.39. The molecule has 2 heterocycles. The van der Waals surface area contributed by atoms with E-state index in [0.29, 0.717) is 18.7 Å². The Bertz CT molecular complexity index is 545. The SMILES string of the molecule is Cc1nc(C)n(CCCNC(=O)[C@H]2CC[C@H]3OCCN[C@@H]3C2)n1. The zero-order chi connectivity index (χ0) is 16.2. The van der Waals surface area contributed by atoms with Crippen LogP contribution in [0.25, 0.3) is 0 Å². The number of ether oxygens (including phenoxy) is 1. The summed E-state index contributed by atoms with van der Waals surface area (Å²) in [5.74, 6) is 2.02. The first-order valence-electron chi connectivity index (χ1n) is 8.64. The van der Waals surface area contributed by atoms with Crippen molar-refractivity contribution in [1.29, 1.82) is 0 Å². The van der Waals surface area contributed by atoms with Gasteiger partial charge in [0, 0.05) is 31.6 Å². The van der Waals surface area contributed by atoms with Crippen LogP contribution in [0, 0.1) is 19.8 Å². The van der Waals surface area contributed by atoms with E-state index in [0.717, 1.165) is 57.0 Å². The number of morpholine rings is 1. The first kappa shape index (κ1) is 16.4. The van der Waals surface area contributed by atoms with Gasteiger partial charge in [-0.3, -0.25) is 9.48 Å². The Morgan fingerprint density at radius 1 is 1.43 bits per heavy atom. The zero-order valence-corrected chi connectivity index (χ0v) is 14.0. The molecule has 2 aliphatic rings. The second-order valence-corrected chi connectivity index (χ2v) is 6.55. The maximum atomic E-state index is 12.3. The van der Waals surface area contributed by atoms with Gasteiger partial charge in [0.05, 0.1) is 12.7 Å². The van der Waals surface area contributed by atoms with Gasteiger partial charge in [0.1, 0.15) is 11.6 Å². The molecule has 3 atom stereocenters. The van der Waals surface area contributed by atoms with E-state index < -0.39 is 0 Å². The molecule has 2 N–H and O–H groups in total. The Balaban J connectivity index is 1.38. The number of nitrogens with zero attached hydrogens (tertiary/aromatic N) is 3. The number of carbonyl (C=O) groups is 1. The molecule has 1 saturated carbocycles. The van der Waals surface area contributed by atoms with Crippen LogP contribution in [0.1, 0.15) is 37.3 Å². The maximum absolute atomic E-state index is 12.3. The van der Waals surface area contributed by atoms with Gasteiger partial charge < -0.3 is 15.4 Å². The smallest absolute Gasteiger partial charge is 0.223 e. The molecule has 1 aromatic heterocycles. The summed E-state index contributed by atoms with van der Waals surface area (Å²) in [6, 6.07) is 0.342. The van der Waals surface area contributed by atoms with Gasteiger partial charge in [-0.2, -0.15) is 5.10 Å². The first-order valence-corrected chi connectivity index (χ1v) is 8.64. The average Bonchev–Trinajstić information content (AvgIpc) is 2.88. The summed E-state index contributed by atoms with van der Waals surface area (Å²) in [6.07, 6.45) is 3.96. The van der Waals surface area contributed by atoms with Gasteiger partial charge in [0.2, 0.25) is 5.91 Å². The van der Waals surface area contributed by atoms with Crippen molar-refractivity contribution < 1.29 is 9.53 Å². The maximum Gasteiger partial charge on any atom is 0.223 e. The van der Waals surface area contributed by atoms with Gasteiger partial charge in [-0.05, 0) is 39.5 Å². The van der Waals surface area contributed by atoms with Crippen LogP contribution < -0.4 is 10.6 Å². The molecule has 1 aliphatic heterocycles. The largest absolute Gasteiger partial charge is 0.375 e. The van der Waals surface area contributed by atoms with Gasteiger partial charge in [-0.15, -0.1) is 0 Å². The molecule has 0 unspecified atom stereocenters. The van der Waals surface area contributed by atoms with Crippen molar-refractivity contribution >= 4 is 5.91 Å². The van der Waals surface area contributed by atoms with Gasteiger partial charge in [-0.1, -0.05) is 0 Å². The summed E-state index contributed by atoms with van der Waals surface area (Å²) in [7, 11) is 0. The molecule has 1 aliphatic carbocycles. The van der Waals surface area contributed by atoms with Crippen LogP contribution in [0.2, 0.25) is 0 Å². The topological polar surface area (TPSA) is 81.1 Å². The molecule has 0 bridgehead atoms. The monoisotopic (exact) mass is 321 g/mol. The standard InChI is InChI=1S/C16H27N5O2/c1-11-19-12(2)21(20-11)8-3-6-18-16(22)13-4-5-15-14(10-13)17-7-9-23-15/h13-15,17H,3-10H2,1-2H3,(H,18,22)/t13-,14+,15+/m0/s1. The van der Waals surface area contributed by atoms with Gasteiger partial charge in [0.15, 0.2) is 0 Å². The van der Waals surface area contributed by atoms with Crippen molar-refractivity contribution in [2.24, 2.45) is 5.92 Å². The summed E-state index contributed by atoms with van der Waals surface area (Å²) in [4.78, 5) is 16.6. The molecule has 7 nitrogen and oxygen atoms in total. The highest BCUT2D eigenvalue weighted by Crippen LogP contribution is 2.28. The number of rotatable bonds is 5. The number of fused-ring (bicyclic) bond motifs is 1. The minimum absolute atomic E-state index is 0.112. The highest BCUT2D eigenvalue weighted by Gasteiger charge is 2.35. The fraction of sp³-hybridized carbons (Fsp3) is 0.812. The first-order chi connectivity index (χ1) is 11.1. The average molecular weight is 321 g/mol.